The van der Waals surface area contributed by atoms with Gasteiger partial charge < -0.3 is 5.32 Å². The van der Waals surface area contributed by atoms with Crippen LogP contribution in [0.2, 0.25) is 0 Å². The second-order valence-corrected chi connectivity index (χ2v) is 5.22. The third kappa shape index (κ3) is 4.32. The molecule has 1 aliphatic rings. The van der Waals surface area contributed by atoms with E-state index in [-0.39, 0.29) is 12.4 Å². The van der Waals surface area contributed by atoms with E-state index in [4.69, 9.17) is 0 Å². The molecule has 16 heavy (non-hydrogen) atoms. The number of pyridine rings is 1. The Bertz CT molecular complexity index is 314. The molecule has 0 bridgehead atoms. The molecule has 0 unspecified atom stereocenters. The van der Waals surface area contributed by atoms with Gasteiger partial charge in [0.15, 0.2) is 0 Å². The summed E-state index contributed by atoms with van der Waals surface area (Å²) in [6, 6.07) is 4.22. The summed E-state index contributed by atoms with van der Waals surface area (Å²) >= 11 is 1.90. The molecular formula is C12H19ClN2S. The van der Waals surface area contributed by atoms with E-state index in [1.165, 1.54) is 42.3 Å². The zero-order valence-electron chi connectivity index (χ0n) is 9.61. The number of halogens is 1. The molecule has 2 rings (SSSR count). The average molecular weight is 259 g/mol. The highest BCUT2D eigenvalue weighted by atomic mass is 35.5. The van der Waals surface area contributed by atoms with Crippen LogP contribution in [-0.4, -0.2) is 23.8 Å². The highest BCUT2D eigenvalue weighted by molar-refractivity contribution is 7.99. The number of aromatic nitrogens is 1. The monoisotopic (exact) mass is 258 g/mol. The molecular weight excluding hydrogens is 240 g/mol. The van der Waals surface area contributed by atoms with Crippen molar-refractivity contribution in [2.75, 3.05) is 18.8 Å². The summed E-state index contributed by atoms with van der Waals surface area (Å²) < 4.78 is 0. The van der Waals surface area contributed by atoms with E-state index in [0.717, 1.165) is 5.92 Å². The second kappa shape index (κ2) is 7.15. The predicted molar refractivity (Wildman–Crippen MR) is 72.5 cm³/mol. The van der Waals surface area contributed by atoms with Crippen molar-refractivity contribution in [2.45, 2.75) is 24.8 Å². The molecule has 1 aliphatic heterocycles. The first-order valence-corrected chi connectivity index (χ1v) is 6.59. The van der Waals surface area contributed by atoms with Gasteiger partial charge in [-0.15, -0.1) is 24.2 Å². The topological polar surface area (TPSA) is 24.9 Å². The van der Waals surface area contributed by atoms with Gasteiger partial charge in [0.25, 0.3) is 0 Å². The standard InChI is InChI=1S/C12H18N2S.ClH/c1-10-2-7-14-12(8-10)15-9-11-3-5-13-6-4-11;/h2,7-8,11,13H,3-6,9H2,1H3;1H. The number of nitrogens with one attached hydrogen (secondary N) is 1. The van der Waals surface area contributed by atoms with Gasteiger partial charge >= 0.3 is 0 Å². The van der Waals surface area contributed by atoms with Crippen LogP contribution >= 0.6 is 24.2 Å². The van der Waals surface area contributed by atoms with Crippen molar-refractivity contribution in [3.8, 4) is 0 Å². The summed E-state index contributed by atoms with van der Waals surface area (Å²) in [6.45, 7) is 4.50. The predicted octanol–water partition coefficient (Wildman–Crippen LogP) is 2.90. The number of hydrogen-bond donors (Lipinski definition) is 1. The minimum atomic E-state index is 0. The van der Waals surface area contributed by atoms with Gasteiger partial charge in [0.1, 0.15) is 0 Å². The molecule has 0 radical (unpaired) electrons. The lowest BCUT2D eigenvalue weighted by atomic mass is 10.0. The van der Waals surface area contributed by atoms with Crippen molar-refractivity contribution >= 4 is 24.2 Å². The van der Waals surface area contributed by atoms with Crippen molar-refractivity contribution in [3.63, 3.8) is 0 Å². The fourth-order valence-electron chi connectivity index (χ4n) is 1.84. The highest BCUT2D eigenvalue weighted by Crippen LogP contribution is 2.23. The highest BCUT2D eigenvalue weighted by Gasteiger charge is 2.13. The molecule has 1 N–H and O–H groups in total. The van der Waals surface area contributed by atoms with Crippen LogP contribution in [0.15, 0.2) is 23.4 Å². The Labute approximate surface area is 108 Å². The zero-order chi connectivity index (χ0) is 10.5. The van der Waals surface area contributed by atoms with E-state index in [1.54, 1.807) is 0 Å². The van der Waals surface area contributed by atoms with E-state index in [0.29, 0.717) is 0 Å². The van der Waals surface area contributed by atoms with Gasteiger partial charge in [-0.3, -0.25) is 0 Å². The van der Waals surface area contributed by atoms with Crippen LogP contribution in [0.25, 0.3) is 0 Å². The van der Waals surface area contributed by atoms with Gasteiger partial charge in [-0.2, -0.15) is 0 Å². The van der Waals surface area contributed by atoms with Crippen LogP contribution in [0, 0.1) is 12.8 Å². The lowest BCUT2D eigenvalue weighted by Crippen LogP contribution is -2.28. The summed E-state index contributed by atoms with van der Waals surface area (Å²) in [5, 5.41) is 4.57. The number of piperidine rings is 1. The van der Waals surface area contributed by atoms with E-state index in [2.05, 4.69) is 29.4 Å². The maximum absolute atomic E-state index is 4.37. The molecule has 2 heterocycles. The fourth-order valence-corrected chi connectivity index (χ4v) is 2.98. The molecule has 2 nitrogen and oxygen atoms in total. The number of nitrogens with zero attached hydrogens (tertiary/aromatic N) is 1. The molecule has 0 aliphatic carbocycles. The first-order valence-electron chi connectivity index (χ1n) is 5.61. The van der Waals surface area contributed by atoms with Gasteiger partial charge in [0.05, 0.1) is 5.03 Å². The number of rotatable bonds is 3. The molecule has 0 spiro atoms. The number of aryl methyl sites for hydroxylation is 1. The summed E-state index contributed by atoms with van der Waals surface area (Å²) in [5.74, 6) is 2.09. The summed E-state index contributed by atoms with van der Waals surface area (Å²) in [6.07, 6.45) is 4.54. The minimum Gasteiger partial charge on any atom is -0.317 e. The van der Waals surface area contributed by atoms with Gasteiger partial charge in [-0.25, -0.2) is 4.98 Å². The smallest absolute Gasteiger partial charge is 0.0962 e. The van der Waals surface area contributed by atoms with Gasteiger partial charge in [0.2, 0.25) is 0 Å². The van der Waals surface area contributed by atoms with Crippen molar-refractivity contribution in [2.24, 2.45) is 5.92 Å². The Morgan fingerprint density at radius 3 is 2.88 bits per heavy atom. The largest absolute Gasteiger partial charge is 0.317 e. The molecule has 1 aromatic heterocycles. The lowest BCUT2D eigenvalue weighted by Gasteiger charge is -2.21. The van der Waals surface area contributed by atoms with Crippen molar-refractivity contribution in [1.82, 2.24) is 10.3 Å². The molecule has 90 valence electrons. The molecule has 0 saturated carbocycles. The summed E-state index contributed by atoms with van der Waals surface area (Å²) in [7, 11) is 0. The van der Waals surface area contributed by atoms with Crippen LogP contribution in [-0.2, 0) is 0 Å². The van der Waals surface area contributed by atoms with E-state index < -0.39 is 0 Å². The van der Waals surface area contributed by atoms with Gasteiger partial charge in [-0.1, -0.05) is 0 Å². The molecule has 4 heteroatoms. The Kier molecular flexibility index (Phi) is 6.17. The van der Waals surface area contributed by atoms with Crippen molar-refractivity contribution in [3.05, 3.63) is 23.9 Å². The first-order chi connectivity index (χ1) is 7.34. The maximum Gasteiger partial charge on any atom is 0.0962 e. The van der Waals surface area contributed by atoms with Crippen LogP contribution < -0.4 is 5.32 Å². The minimum absolute atomic E-state index is 0. The van der Waals surface area contributed by atoms with Crippen molar-refractivity contribution in [1.29, 1.82) is 0 Å². The van der Waals surface area contributed by atoms with Crippen molar-refractivity contribution < 1.29 is 0 Å². The second-order valence-electron chi connectivity index (χ2n) is 4.18. The lowest BCUT2D eigenvalue weighted by molar-refractivity contribution is 0.408. The molecule has 1 aromatic rings. The van der Waals surface area contributed by atoms with E-state index in [9.17, 15) is 0 Å². The van der Waals surface area contributed by atoms with Crippen LogP contribution in [0.1, 0.15) is 18.4 Å². The van der Waals surface area contributed by atoms with E-state index >= 15 is 0 Å². The Balaban J connectivity index is 0.00000128. The van der Waals surface area contributed by atoms with Crippen LogP contribution in [0.3, 0.4) is 0 Å². The summed E-state index contributed by atoms with van der Waals surface area (Å²) in [4.78, 5) is 4.37. The number of hydrogen-bond acceptors (Lipinski definition) is 3. The normalized spacial score (nSPS) is 16.8. The third-order valence-corrected chi connectivity index (χ3v) is 3.97. The SMILES string of the molecule is Cc1ccnc(SCC2CCNCC2)c1.Cl. The number of thioether (sulfide) groups is 1. The van der Waals surface area contributed by atoms with Crippen LogP contribution in [0.5, 0.6) is 0 Å². The van der Waals surface area contributed by atoms with Gasteiger partial charge in [-0.05, 0) is 56.5 Å². The maximum atomic E-state index is 4.37. The Hall–Kier alpha value is -0.250. The molecule has 1 fully saturated rings. The molecule has 0 amide bonds. The Morgan fingerprint density at radius 2 is 2.19 bits per heavy atom. The molecule has 1 saturated heterocycles. The summed E-state index contributed by atoms with van der Waals surface area (Å²) in [5.41, 5.74) is 1.30. The molecule has 0 atom stereocenters. The quantitative estimate of drug-likeness (QED) is 0.844. The molecule has 0 aromatic carbocycles. The fraction of sp³-hybridized carbons (Fsp3) is 0.583. The van der Waals surface area contributed by atoms with Crippen LogP contribution in [0.4, 0.5) is 0 Å². The third-order valence-electron chi connectivity index (χ3n) is 2.82. The average Bonchev–Trinajstić information content (AvgIpc) is 2.28. The first kappa shape index (κ1) is 13.8. The van der Waals surface area contributed by atoms with E-state index in [1.807, 2.05) is 18.0 Å². The van der Waals surface area contributed by atoms with Gasteiger partial charge in [0, 0.05) is 11.9 Å². The zero-order valence-corrected chi connectivity index (χ0v) is 11.2. The Morgan fingerprint density at radius 1 is 1.44 bits per heavy atom.